The van der Waals surface area contributed by atoms with Crippen molar-refractivity contribution < 1.29 is 13.2 Å². The third kappa shape index (κ3) is 4.29. The molecule has 0 atom stereocenters. The number of rotatable bonds is 7. The van der Waals surface area contributed by atoms with Gasteiger partial charge in [-0.25, -0.2) is 13.1 Å². The summed E-state index contributed by atoms with van der Waals surface area (Å²) in [5.74, 6) is 0.361. The van der Waals surface area contributed by atoms with Crippen LogP contribution in [0.3, 0.4) is 0 Å². The lowest BCUT2D eigenvalue weighted by molar-refractivity contribution is 0.0678. The van der Waals surface area contributed by atoms with E-state index in [0.717, 1.165) is 44.7 Å². The van der Waals surface area contributed by atoms with Crippen LogP contribution in [0.5, 0.6) is 0 Å². The summed E-state index contributed by atoms with van der Waals surface area (Å²) in [6.45, 7) is 5.09. The average Bonchev–Trinajstić information content (AvgIpc) is 2.91. The summed E-state index contributed by atoms with van der Waals surface area (Å²) in [5, 5.41) is 0. The molecule has 7 heteroatoms. The standard InChI is InChI=1S/C14H25N3O3S/c1-2-5-17-11-14(8-13(17)9-15)21(18,19)16-10-12-3-6-20-7-4-12/h8,11-12,16H,2-7,9-10,15H2,1H3. The lowest BCUT2D eigenvalue weighted by Gasteiger charge is -2.21. The maximum atomic E-state index is 12.4. The molecule has 0 radical (unpaired) electrons. The molecule has 0 amide bonds. The van der Waals surface area contributed by atoms with Crippen LogP contribution in [-0.4, -0.2) is 32.7 Å². The van der Waals surface area contributed by atoms with Crippen molar-refractivity contribution in [2.45, 2.75) is 44.2 Å². The largest absolute Gasteiger partial charge is 0.381 e. The maximum absolute atomic E-state index is 12.4. The molecule has 1 aromatic rings. The van der Waals surface area contributed by atoms with Crippen molar-refractivity contribution in [3.8, 4) is 0 Å². The topological polar surface area (TPSA) is 86.3 Å². The average molecular weight is 315 g/mol. The molecule has 120 valence electrons. The van der Waals surface area contributed by atoms with Gasteiger partial charge >= 0.3 is 0 Å². The van der Waals surface area contributed by atoms with Gasteiger partial charge in [0, 0.05) is 44.7 Å². The van der Waals surface area contributed by atoms with Crippen LogP contribution in [0.4, 0.5) is 0 Å². The van der Waals surface area contributed by atoms with E-state index >= 15 is 0 Å². The van der Waals surface area contributed by atoms with E-state index in [-0.39, 0.29) is 0 Å². The third-order valence-corrected chi connectivity index (χ3v) is 5.24. The van der Waals surface area contributed by atoms with Crippen LogP contribution in [0.15, 0.2) is 17.2 Å². The van der Waals surface area contributed by atoms with Gasteiger partial charge in [-0.1, -0.05) is 6.92 Å². The summed E-state index contributed by atoms with van der Waals surface area (Å²) in [6, 6.07) is 1.67. The van der Waals surface area contributed by atoms with Crippen molar-refractivity contribution in [3.63, 3.8) is 0 Å². The number of nitrogens with one attached hydrogen (secondary N) is 1. The highest BCUT2D eigenvalue weighted by Gasteiger charge is 2.21. The van der Waals surface area contributed by atoms with Gasteiger partial charge in [-0.05, 0) is 31.2 Å². The molecule has 21 heavy (non-hydrogen) atoms. The molecule has 0 bridgehead atoms. The highest BCUT2D eigenvalue weighted by atomic mass is 32.2. The Morgan fingerprint density at radius 3 is 2.76 bits per heavy atom. The molecule has 2 rings (SSSR count). The first-order valence-electron chi connectivity index (χ1n) is 7.53. The molecule has 0 spiro atoms. The van der Waals surface area contributed by atoms with E-state index in [4.69, 9.17) is 10.5 Å². The minimum atomic E-state index is -3.46. The maximum Gasteiger partial charge on any atom is 0.242 e. The molecular weight excluding hydrogens is 290 g/mol. The minimum absolute atomic E-state index is 0.309. The number of ether oxygens (including phenoxy) is 1. The van der Waals surface area contributed by atoms with Crippen LogP contribution in [0.2, 0.25) is 0 Å². The van der Waals surface area contributed by atoms with E-state index in [1.54, 1.807) is 12.3 Å². The molecule has 0 unspecified atom stereocenters. The number of hydrogen-bond acceptors (Lipinski definition) is 4. The van der Waals surface area contributed by atoms with Gasteiger partial charge in [-0.3, -0.25) is 0 Å². The fourth-order valence-corrected chi connectivity index (χ4v) is 3.73. The first kappa shape index (κ1) is 16.5. The van der Waals surface area contributed by atoms with Crippen LogP contribution in [0, 0.1) is 5.92 Å². The van der Waals surface area contributed by atoms with E-state index in [1.807, 2.05) is 4.57 Å². The van der Waals surface area contributed by atoms with Gasteiger partial charge in [-0.2, -0.15) is 0 Å². The van der Waals surface area contributed by atoms with Crippen LogP contribution in [0.1, 0.15) is 31.9 Å². The first-order chi connectivity index (χ1) is 10.1. The summed E-state index contributed by atoms with van der Waals surface area (Å²) < 4.78 is 34.6. The summed E-state index contributed by atoms with van der Waals surface area (Å²) >= 11 is 0. The van der Waals surface area contributed by atoms with Gasteiger partial charge in [0.25, 0.3) is 0 Å². The zero-order valence-corrected chi connectivity index (χ0v) is 13.4. The smallest absolute Gasteiger partial charge is 0.242 e. The predicted molar refractivity (Wildman–Crippen MR) is 81.3 cm³/mol. The van der Waals surface area contributed by atoms with E-state index in [9.17, 15) is 8.42 Å². The lowest BCUT2D eigenvalue weighted by Crippen LogP contribution is -2.32. The number of sulfonamides is 1. The second kappa shape index (κ2) is 7.40. The Kier molecular flexibility index (Phi) is 5.80. The van der Waals surface area contributed by atoms with Gasteiger partial charge < -0.3 is 15.0 Å². The normalized spacial score (nSPS) is 17.2. The third-order valence-electron chi connectivity index (χ3n) is 3.85. The van der Waals surface area contributed by atoms with E-state index in [1.165, 1.54) is 0 Å². The first-order valence-corrected chi connectivity index (χ1v) is 9.01. The van der Waals surface area contributed by atoms with E-state index in [0.29, 0.717) is 23.9 Å². The van der Waals surface area contributed by atoms with Gasteiger partial charge in [0.2, 0.25) is 10.0 Å². The summed E-state index contributed by atoms with van der Waals surface area (Å²) in [4.78, 5) is 0.309. The Morgan fingerprint density at radius 2 is 2.14 bits per heavy atom. The molecule has 1 aromatic heterocycles. The van der Waals surface area contributed by atoms with Gasteiger partial charge in [-0.15, -0.1) is 0 Å². The molecule has 3 N–H and O–H groups in total. The molecule has 6 nitrogen and oxygen atoms in total. The van der Waals surface area contributed by atoms with Gasteiger partial charge in [0.05, 0.1) is 4.90 Å². The highest BCUT2D eigenvalue weighted by molar-refractivity contribution is 7.89. The zero-order chi connectivity index (χ0) is 15.3. The molecule has 1 saturated heterocycles. The fraction of sp³-hybridized carbons (Fsp3) is 0.714. The number of nitrogens with two attached hydrogens (primary N) is 1. The lowest BCUT2D eigenvalue weighted by atomic mass is 10.0. The second-order valence-electron chi connectivity index (χ2n) is 5.47. The molecule has 0 saturated carbocycles. The molecule has 1 fully saturated rings. The SMILES string of the molecule is CCCn1cc(S(=O)(=O)NCC2CCOCC2)cc1CN. The summed E-state index contributed by atoms with van der Waals surface area (Å²) in [7, 11) is -3.46. The van der Waals surface area contributed by atoms with Crippen molar-refractivity contribution in [1.29, 1.82) is 0 Å². The van der Waals surface area contributed by atoms with Gasteiger partial charge in [0.15, 0.2) is 0 Å². The number of nitrogens with zero attached hydrogens (tertiary/aromatic N) is 1. The van der Waals surface area contributed by atoms with Crippen LogP contribution in [-0.2, 0) is 27.8 Å². The van der Waals surface area contributed by atoms with Crippen molar-refractivity contribution in [2.75, 3.05) is 19.8 Å². The molecule has 0 aromatic carbocycles. The molecular formula is C14H25N3O3S. The van der Waals surface area contributed by atoms with E-state index in [2.05, 4.69) is 11.6 Å². The van der Waals surface area contributed by atoms with Gasteiger partial charge in [0.1, 0.15) is 0 Å². The minimum Gasteiger partial charge on any atom is -0.381 e. The Bertz CT molecular complexity index is 548. The van der Waals surface area contributed by atoms with Crippen LogP contribution in [0.25, 0.3) is 0 Å². The second-order valence-corrected chi connectivity index (χ2v) is 7.24. The van der Waals surface area contributed by atoms with Crippen molar-refractivity contribution in [1.82, 2.24) is 9.29 Å². The Balaban J connectivity index is 2.04. The van der Waals surface area contributed by atoms with Crippen molar-refractivity contribution in [2.24, 2.45) is 11.7 Å². The zero-order valence-electron chi connectivity index (χ0n) is 12.5. The molecule has 0 aliphatic carbocycles. The molecule has 1 aliphatic heterocycles. The van der Waals surface area contributed by atoms with E-state index < -0.39 is 10.0 Å². The fourth-order valence-electron chi connectivity index (χ4n) is 2.55. The number of hydrogen-bond donors (Lipinski definition) is 2. The Morgan fingerprint density at radius 1 is 1.43 bits per heavy atom. The van der Waals surface area contributed by atoms with Crippen molar-refractivity contribution in [3.05, 3.63) is 18.0 Å². The number of aromatic nitrogens is 1. The monoisotopic (exact) mass is 315 g/mol. The van der Waals surface area contributed by atoms with Crippen molar-refractivity contribution >= 4 is 10.0 Å². The molecule has 1 aliphatic rings. The molecule has 2 heterocycles. The predicted octanol–water partition coefficient (Wildman–Crippen LogP) is 1.06. The number of aryl methyl sites for hydroxylation is 1. The Hall–Kier alpha value is -0.890. The Labute approximate surface area is 126 Å². The summed E-state index contributed by atoms with van der Waals surface area (Å²) in [6.07, 6.45) is 4.44. The highest BCUT2D eigenvalue weighted by Crippen LogP contribution is 2.17. The van der Waals surface area contributed by atoms with Crippen LogP contribution >= 0.6 is 0 Å². The van der Waals surface area contributed by atoms with Crippen LogP contribution < -0.4 is 10.5 Å². The summed E-state index contributed by atoms with van der Waals surface area (Å²) in [5.41, 5.74) is 6.53. The quantitative estimate of drug-likeness (QED) is 0.788.